The normalized spacial score (nSPS) is 10.5. The van der Waals surface area contributed by atoms with Crippen LogP contribution in [0, 0.1) is 33.4 Å². The number of carbonyl (C=O) groups excluding carboxylic acids is 2. The zero-order valence-electron chi connectivity index (χ0n) is 16.4. The van der Waals surface area contributed by atoms with Crippen LogP contribution in [-0.2, 0) is 4.79 Å². The topological polar surface area (TPSA) is 101 Å². The number of nitrogens with one attached hydrogen (secondary N) is 2. The number of nitrogens with zero attached hydrogens (tertiary/aromatic N) is 1. The highest BCUT2D eigenvalue weighted by molar-refractivity contribution is 8.00. The minimum Gasteiger partial charge on any atom is -0.322 e. The number of amides is 2. The van der Waals surface area contributed by atoms with Gasteiger partial charge >= 0.3 is 0 Å². The Morgan fingerprint density at radius 2 is 1.55 bits per heavy atom. The average molecular weight is 479 g/mol. The molecule has 3 rings (SSSR count). The van der Waals surface area contributed by atoms with Gasteiger partial charge in [-0.2, -0.15) is 0 Å². The van der Waals surface area contributed by atoms with Gasteiger partial charge in [0.1, 0.15) is 5.69 Å². The maximum absolute atomic E-state index is 13.6. The fraction of sp³-hybridized carbons (Fsp3) is 0.0476. The van der Waals surface area contributed by atoms with Crippen molar-refractivity contribution in [1.82, 2.24) is 0 Å². The third kappa shape index (κ3) is 5.86. The first-order chi connectivity index (χ1) is 15.7. The molecule has 7 nitrogen and oxygen atoms in total. The Labute approximate surface area is 188 Å². The summed E-state index contributed by atoms with van der Waals surface area (Å²) in [5.74, 6) is -8.49. The van der Waals surface area contributed by atoms with Crippen LogP contribution in [0.25, 0.3) is 0 Å². The molecular formula is C21H13F4N3O4S. The van der Waals surface area contributed by atoms with Crippen LogP contribution in [0.3, 0.4) is 0 Å². The van der Waals surface area contributed by atoms with E-state index >= 15 is 0 Å². The van der Waals surface area contributed by atoms with Gasteiger partial charge in [0.05, 0.1) is 10.7 Å². The van der Waals surface area contributed by atoms with E-state index < -0.39 is 45.7 Å². The second kappa shape index (κ2) is 10.1. The summed E-state index contributed by atoms with van der Waals surface area (Å²) in [6, 6.07) is 11.3. The summed E-state index contributed by atoms with van der Waals surface area (Å²) in [6.45, 7) is 0. The van der Waals surface area contributed by atoms with Crippen LogP contribution in [0.4, 0.5) is 34.6 Å². The molecule has 3 aromatic rings. The Morgan fingerprint density at radius 1 is 0.909 bits per heavy atom. The molecular weight excluding hydrogens is 466 g/mol. The highest BCUT2D eigenvalue weighted by atomic mass is 32.2. The average Bonchev–Trinajstić information content (AvgIpc) is 2.80. The highest BCUT2D eigenvalue weighted by Crippen LogP contribution is 2.26. The molecule has 33 heavy (non-hydrogen) atoms. The van der Waals surface area contributed by atoms with E-state index in [2.05, 4.69) is 5.32 Å². The van der Waals surface area contributed by atoms with Crippen molar-refractivity contribution in [2.45, 2.75) is 4.90 Å². The molecule has 0 aliphatic carbocycles. The van der Waals surface area contributed by atoms with Gasteiger partial charge in [-0.1, -0.05) is 6.07 Å². The highest BCUT2D eigenvalue weighted by Gasteiger charge is 2.21. The summed E-state index contributed by atoms with van der Waals surface area (Å²) in [6.07, 6.45) is 0. The molecule has 2 amide bonds. The van der Waals surface area contributed by atoms with Gasteiger partial charge in [0.25, 0.3) is 11.6 Å². The van der Waals surface area contributed by atoms with Crippen LogP contribution in [0.15, 0.2) is 59.5 Å². The summed E-state index contributed by atoms with van der Waals surface area (Å²) in [5, 5.41) is 15.2. The van der Waals surface area contributed by atoms with Gasteiger partial charge in [0.15, 0.2) is 23.3 Å². The van der Waals surface area contributed by atoms with Crippen LogP contribution >= 0.6 is 11.8 Å². The molecule has 3 aromatic carbocycles. The van der Waals surface area contributed by atoms with Gasteiger partial charge in [-0.05, 0) is 30.3 Å². The van der Waals surface area contributed by atoms with E-state index in [-0.39, 0.29) is 23.1 Å². The van der Waals surface area contributed by atoms with Crippen LogP contribution in [-0.4, -0.2) is 22.5 Å². The maximum atomic E-state index is 13.6. The molecule has 0 heterocycles. The lowest BCUT2D eigenvalue weighted by Gasteiger charge is -2.09. The molecule has 0 aromatic heterocycles. The van der Waals surface area contributed by atoms with Crippen LogP contribution < -0.4 is 10.6 Å². The van der Waals surface area contributed by atoms with Gasteiger partial charge in [0, 0.05) is 34.3 Å². The Morgan fingerprint density at radius 3 is 2.15 bits per heavy atom. The van der Waals surface area contributed by atoms with Crippen LogP contribution in [0.1, 0.15) is 10.4 Å². The molecule has 0 spiro atoms. The number of hydrogen-bond donors (Lipinski definition) is 2. The molecule has 2 N–H and O–H groups in total. The van der Waals surface area contributed by atoms with Crippen molar-refractivity contribution >= 4 is 40.6 Å². The number of benzene rings is 3. The van der Waals surface area contributed by atoms with E-state index in [9.17, 15) is 37.3 Å². The lowest BCUT2D eigenvalue weighted by molar-refractivity contribution is -0.384. The van der Waals surface area contributed by atoms with Crippen LogP contribution in [0.2, 0.25) is 0 Å². The molecule has 0 radical (unpaired) electrons. The van der Waals surface area contributed by atoms with Crippen molar-refractivity contribution in [3.05, 3.63) is 93.5 Å². The number of non-ortho nitro benzene ring substituents is 1. The number of thioether (sulfide) groups is 1. The summed E-state index contributed by atoms with van der Waals surface area (Å²) in [5.41, 5.74) is -0.974. The molecule has 0 saturated carbocycles. The van der Waals surface area contributed by atoms with Crippen molar-refractivity contribution < 1.29 is 32.1 Å². The first kappa shape index (κ1) is 23.7. The van der Waals surface area contributed by atoms with Crippen molar-refractivity contribution in [3.63, 3.8) is 0 Å². The lowest BCUT2D eigenvalue weighted by Crippen LogP contribution is -2.17. The number of halogens is 4. The maximum Gasteiger partial charge on any atom is 0.270 e. The summed E-state index contributed by atoms with van der Waals surface area (Å²) in [4.78, 5) is 34.9. The van der Waals surface area contributed by atoms with Gasteiger partial charge in [0.2, 0.25) is 5.91 Å². The predicted octanol–water partition coefficient (Wildman–Crippen LogP) is 5.13. The van der Waals surface area contributed by atoms with E-state index in [4.69, 9.17) is 0 Å². The van der Waals surface area contributed by atoms with Crippen molar-refractivity contribution in [2.75, 3.05) is 16.4 Å². The monoisotopic (exact) mass is 479 g/mol. The van der Waals surface area contributed by atoms with E-state index in [0.717, 1.165) is 17.8 Å². The number of carbonyl (C=O) groups is 2. The quantitative estimate of drug-likeness (QED) is 0.161. The number of nitro benzene ring substituents is 1. The first-order valence-corrected chi connectivity index (χ1v) is 10.1. The van der Waals surface area contributed by atoms with Crippen molar-refractivity contribution in [2.24, 2.45) is 0 Å². The van der Waals surface area contributed by atoms with Gasteiger partial charge in [-0.25, -0.2) is 17.6 Å². The second-order valence-electron chi connectivity index (χ2n) is 6.47. The lowest BCUT2D eigenvalue weighted by atomic mass is 10.2. The van der Waals surface area contributed by atoms with Gasteiger partial charge in [-0.15, -0.1) is 11.8 Å². The molecule has 12 heteroatoms. The molecule has 0 atom stereocenters. The second-order valence-corrected chi connectivity index (χ2v) is 7.51. The summed E-state index contributed by atoms with van der Waals surface area (Å²) >= 11 is 0.965. The third-order valence-electron chi connectivity index (χ3n) is 4.18. The zero-order valence-corrected chi connectivity index (χ0v) is 17.2. The van der Waals surface area contributed by atoms with E-state index in [1.807, 2.05) is 0 Å². The Kier molecular flexibility index (Phi) is 7.28. The van der Waals surface area contributed by atoms with Gasteiger partial charge in [-0.3, -0.25) is 19.7 Å². The standard InChI is InChI=1S/C21H13F4N3O4S/c22-15-9-16(23)19(25)20(18(15)24)27-17(29)10-33-14-6-4-12(5-7-14)26-21(30)11-2-1-3-13(8-11)28(31)32/h1-9H,10H2,(H,26,30)(H,27,29). The minimum absolute atomic E-state index is 0.0362. The third-order valence-corrected chi connectivity index (χ3v) is 5.19. The van der Waals surface area contributed by atoms with Crippen molar-refractivity contribution in [3.8, 4) is 0 Å². The summed E-state index contributed by atoms with van der Waals surface area (Å²) < 4.78 is 53.7. The number of anilines is 2. The van der Waals surface area contributed by atoms with Crippen LogP contribution in [0.5, 0.6) is 0 Å². The number of hydrogen-bond acceptors (Lipinski definition) is 5. The zero-order chi connectivity index (χ0) is 24.1. The Hall–Kier alpha value is -3.93. The molecule has 0 bridgehead atoms. The molecule has 0 saturated heterocycles. The smallest absolute Gasteiger partial charge is 0.270 e. The van der Waals surface area contributed by atoms with Crippen molar-refractivity contribution in [1.29, 1.82) is 0 Å². The molecule has 0 fully saturated rings. The van der Waals surface area contributed by atoms with E-state index in [1.54, 1.807) is 17.4 Å². The number of nitro groups is 1. The van der Waals surface area contributed by atoms with Gasteiger partial charge < -0.3 is 10.6 Å². The van der Waals surface area contributed by atoms with E-state index in [0.29, 0.717) is 10.6 Å². The minimum atomic E-state index is -1.71. The Balaban J connectivity index is 1.58. The predicted molar refractivity (Wildman–Crippen MR) is 113 cm³/mol. The van der Waals surface area contributed by atoms with E-state index in [1.165, 1.54) is 30.3 Å². The fourth-order valence-corrected chi connectivity index (χ4v) is 3.30. The fourth-order valence-electron chi connectivity index (χ4n) is 2.61. The molecule has 0 unspecified atom stereocenters. The number of rotatable bonds is 7. The summed E-state index contributed by atoms with van der Waals surface area (Å²) in [7, 11) is 0. The largest absolute Gasteiger partial charge is 0.322 e. The SMILES string of the molecule is O=C(CSc1ccc(NC(=O)c2cccc([N+](=O)[O-])c2)cc1)Nc1c(F)c(F)cc(F)c1F. The molecule has 170 valence electrons. The first-order valence-electron chi connectivity index (χ1n) is 9.07. The molecule has 0 aliphatic rings. The Bertz CT molecular complexity index is 1210. The molecule has 0 aliphatic heterocycles.